The molecule has 0 aliphatic rings. The fraction of sp³-hybridized carbons (Fsp3) is 0. The van der Waals surface area contributed by atoms with Crippen LogP contribution in [0.25, 0.3) is 97.4 Å². The smallest absolute Gasteiger partial charge is 0.135 e. The standard InChI is InChI=1S/C58H37NOS/c1-2-16-38(17-3-1)43-26-13-18-39-19-14-27-47(57(39)43)44-22-4-8-29-51(44)59(42-21-12-20-40(36-42)41-34-35-54-50(37-41)46-24-6-10-31-53(46)60-54)52-30-9-5-23-45(52)48-28-15-33-56-58(48)49-25-7-11-32-55(49)61-56/h1-37H. The number of fused-ring (bicyclic) bond motifs is 7. The molecule has 0 bridgehead atoms. The van der Waals surface area contributed by atoms with Crippen molar-refractivity contribution in [1.82, 2.24) is 0 Å². The molecule has 2 nitrogen and oxygen atoms in total. The highest BCUT2D eigenvalue weighted by molar-refractivity contribution is 7.25. The molecule has 12 aromatic rings. The highest BCUT2D eigenvalue weighted by Crippen LogP contribution is 2.49. The summed E-state index contributed by atoms with van der Waals surface area (Å²) in [6.45, 7) is 0. The minimum absolute atomic E-state index is 0.894. The van der Waals surface area contributed by atoms with Crippen LogP contribution in [0.5, 0.6) is 0 Å². The van der Waals surface area contributed by atoms with Gasteiger partial charge in [0.25, 0.3) is 0 Å². The number of thiophene rings is 1. The molecule has 0 atom stereocenters. The van der Waals surface area contributed by atoms with Crippen molar-refractivity contribution in [2.24, 2.45) is 0 Å². The maximum absolute atomic E-state index is 6.24. The van der Waals surface area contributed by atoms with Crippen molar-refractivity contribution in [3.8, 4) is 44.5 Å². The molecule has 2 aromatic heterocycles. The number of anilines is 3. The minimum Gasteiger partial charge on any atom is -0.456 e. The summed E-state index contributed by atoms with van der Waals surface area (Å²) in [5.41, 5.74) is 14.5. The van der Waals surface area contributed by atoms with Crippen LogP contribution in [0, 0.1) is 0 Å². The Bertz CT molecular complexity index is 3610. The molecular formula is C58H37NOS. The molecule has 61 heavy (non-hydrogen) atoms. The zero-order valence-corrected chi connectivity index (χ0v) is 33.9. The van der Waals surface area contributed by atoms with Crippen molar-refractivity contribution >= 4 is 81.3 Å². The third kappa shape index (κ3) is 5.93. The molecule has 0 aliphatic carbocycles. The molecule has 10 aromatic carbocycles. The van der Waals surface area contributed by atoms with E-state index in [0.29, 0.717) is 0 Å². The minimum atomic E-state index is 0.894. The van der Waals surface area contributed by atoms with E-state index in [1.807, 2.05) is 23.5 Å². The van der Waals surface area contributed by atoms with E-state index in [1.54, 1.807) is 0 Å². The van der Waals surface area contributed by atoms with E-state index in [0.717, 1.165) is 55.7 Å². The number of hydrogen-bond donors (Lipinski definition) is 0. The van der Waals surface area contributed by atoms with Crippen LogP contribution >= 0.6 is 11.3 Å². The van der Waals surface area contributed by atoms with Crippen LogP contribution in [-0.4, -0.2) is 0 Å². The van der Waals surface area contributed by atoms with Crippen LogP contribution < -0.4 is 4.90 Å². The lowest BCUT2D eigenvalue weighted by Crippen LogP contribution is -2.12. The Hall–Kier alpha value is -7.72. The Kier molecular flexibility index (Phi) is 8.39. The van der Waals surface area contributed by atoms with Gasteiger partial charge in [-0.05, 0) is 98.8 Å². The maximum atomic E-state index is 6.24. The third-order valence-corrected chi connectivity index (χ3v) is 13.2. The normalized spacial score (nSPS) is 11.6. The van der Waals surface area contributed by atoms with Crippen molar-refractivity contribution in [1.29, 1.82) is 0 Å². The van der Waals surface area contributed by atoms with Gasteiger partial charge >= 0.3 is 0 Å². The van der Waals surface area contributed by atoms with Crippen molar-refractivity contribution in [3.05, 3.63) is 224 Å². The fourth-order valence-electron chi connectivity index (χ4n) is 9.35. The van der Waals surface area contributed by atoms with Gasteiger partial charge in [-0.1, -0.05) is 170 Å². The number of benzene rings is 10. The summed E-state index contributed by atoms with van der Waals surface area (Å²) in [4.78, 5) is 2.48. The summed E-state index contributed by atoms with van der Waals surface area (Å²) in [5.74, 6) is 0. The van der Waals surface area contributed by atoms with Gasteiger partial charge in [-0.2, -0.15) is 0 Å². The van der Waals surface area contributed by atoms with E-state index in [2.05, 4.69) is 217 Å². The lowest BCUT2D eigenvalue weighted by molar-refractivity contribution is 0.669. The zero-order chi connectivity index (χ0) is 40.3. The first-order chi connectivity index (χ1) is 30.3. The molecule has 0 saturated heterocycles. The summed E-state index contributed by atoms with van der Waals surface area (Å²) in [6, 6.07) is 81.4. The van der Waals surface area contributed by atoms with Crippen LogP contribution in [0.15, 0.2) is 229 Å². The van der Waals surface area contributed by atoms with Gasteiger partial charge in [0, 0.05) is 47.8 Å². The summed E-state index contributed by atoms with van der Waals surface area (Å²) >= 11 is 1.86. The molecule has 0 fully saturated rings. The predicted molar refractivity (Wildman–Crippen MR) is 261 cm³/mol. The van der Waals surface area contributed by atoms with E-state index in [9.17, 15) is 0 Å². The molecule has 3 heteroatoms. The molecule has 0 amide bonds. The highest BCUT2D eigenvalue weighted by atomic mass is 32.1. The molecule has 286 valence electrons. The number of para-hydroxylation sites is 3. The Balaban J connectivity index is 1.12. The topological polar surface area (TPSA) is 16.4 Å². The average molecular weight is 796 g/mol. The number of nitrogens with zero attached hydrogens (tertiary/aromatic N) is 1. The van der Waals surface area contributed by atoms with E-state index < -0.39 is 0 Å². The Morgan fingerprint density at radius 2 is 0.885 bits per heavy atom. The van der Waals surface area contributed by atoms with Crippen LogP contribution in [0.4, 0.5) is 17.1 Å². The summed E-state index contributed by atoms with van der Waals surface area (Å²) in [6.07, 6.45) is 0. The second-order valence-corrected chi connectivity index (χ2v) is 16.7. The largest absolute Gasteiger partial charge is 0.456 e. The lowest BCUT2D eigenvalue weighted by atomic mass is 9.90. The SMILES string of the molecule is c1ccc(-c2cccc3cccc(-c4ccccc4N(c4cccc(-c5ccc6oc7ccccc7c6c5)c4)c4ccccc4-c4cccc5sc6ccccc6c45)c23)cc1. The average Bonchev–Trinajstić information content (AvgIpc) is 3.90. The number of rotatable bonds is 7. The summed E-state index contributed by atoms with van der Waals surface area (Å²) < 4.78 is 8.82. The van der Waals surface area contributed by atoms with Gasteiger partial charge in [0.15, 0.2) is 0 Å². The fourth-order valence-corrected chi connectivity index (χ4v) is 10.5. The molecule has 0 radical (unpaired) electrons. The molecule has 0 unspecified atom stereocenters. The molecule has 0 saturated carbocycles. The molecule has 2 heterocycles. The van der Waals surface area contributed by atoms with E-state index in [1.165, 1.54) is 58.8 Å². The monoisotopic (exact) mass is 795 g/mol. The van der Waals surface area contributed by atoms with Gasteiger partial charge in [-0.3, -0.25) is 0 Å². The number of furan rings is 1. The second kappa shape index (κ2) is 14.5. The first-order valence-corrected chi connectivity index (χ1v) is 21.6. The van der Waals surface area contributed by atoms with E-state index >= 15 is 0 Å². The van der Waals surface area contributed by atoms with Gasteiger partial charge in [-0.25, -0.2) is 0 Å². The van der Waals surface area contributed by atoms with Gasteiger partial charge in [0.2, 0.25) is 0 Å². The van der Waals surface area contributed by atoms with Crippen molar-refractivity contribution < 1.29 is 4.42 Å². The van der Waals surface area contributed by atoms with Crippen LogP contribution in [0.1, 0.15) is 0 Å². The van der Waals surface area contributed by atoms with Crippen molar-refractivity contribution in [2.45, 2.75) is 0 Å². The molecule has 12 rings (SSSR count). The van der Waals surface area contributed by atoms with Crippen molar-refractivity contribution in [3.63, 3.8) is 0 Å². The van der Waals surface area contributed by atoms with Crippen LogP contribution in [-0.2, 0) is 0 Å². The highest BCUT2D eigenvalue weighted by Gasteiger charge is 2.24. The lowest BCUT2D eigenvalue weighted by Gasteiger charge is -2.30. The van der Waals surface area contributed by atoms with Crippen LogP contribution in [0.3, 0.4) is 0 Å². The van der Waals surface area contributed by atoms with E-state index in [4.69, 9.17) is 4.42 Å². The molecule has 0 spiro atoms. The van der Waals surface area contributed by atoms with Gasteiger partial charge < -0.3 is 9.32 Å². The molecule has 0 N–H and O–H groups in total. The zero-order valence-electron chi connectivity index (χ0n) is 33.1. The van der Waals surface area contributed by atoms with E-state index in [-0.39, 0.29) is 0 Å². The second-order valence-electron chi connectivity index (χ2n) is 15.6. The maximum Gasteiger partial charge on any atom is 0.135 e. The van der Waals surface area contributed by atoms with Gasteiger partial charge in [0.1, 0.15) is 11.2 Å². The molecular weight excluding hydrogens is 759 g/mol. The number of hydrogen-bond acceptors (Lipinski definition) is 3. The first kappa shape index (κ1) is 35.2. The van der Waals surface area contributed by atoms with Crippen LogP contribution in [0.2, 0.25) is 0 Å². The van der Waals surface area contributed by atoms with Crippen molar-refractivity contribution in [2.75, 3.05) is 4.90 Å². The summed E-state index contributed by atoms with van der Waals surface area (Å²) in [5, 5.41) is 7.27. The third-order valence-electron chi connectivity index (χ3n) is 12.1. The van der Waals surface area contributed by atoms with Gasteiger partial charge in [-0.15, -0.1) is 11.3 Å². The summed E-state index contributed by atoms with van der Waals surface area (Å²) in [7, 11) is 0. The molecule has 0 aliphatic heterocycles. The van der Waals surface area contributed by atoms with Gasteiger partial charge in [0.05, 0.1) is 11.4 Å². The first-order valence-electron chi connectivity index (χ1n) is 20.7. The predicted octanol–water partition coefficient (Wildman–Crippen LogP) is 17.2. The Morgan fingerprint density at radius 3 is 1.69 bits per heavy atom. The Morgan fingerprint density at radius 1 is 0.328 bits per heavy atom. The Labute approximate surface area is 357 Å². The quantitative estimate of drug-likeness (QED) is 0.160.